The van der Waals surface area contributed by atoms with E-state index in [9.17, 15) is 0 Å². The van der Waals surface area contributed by atoms with Crippen LogP contribution < -0.4 is 9.05 Å². The Hall–Kier alpha value is -1.74. The van der Waals surface area contributed by atoms with Gasteiger partial charge in [0.1, 0.15) is 11.5 Å². The third-order valence-electron chi connectivity index (χ3n) is 5.78. The van der Waals surface area contributed by atoms with E-state index < -0.39 is 5.69 Å². The lowest BCUT2D eigenvalue weighted by molar-refractivity contribution is 0.506. The summed E-state index contributed by atoms with van der Waals surface area (Å²) in [5, 5.41) is 0. The van der Waals surface area contributed by atoms with E-state index >= 15 is 0 Å². The highest BCUT2D eigenvalue weighted by atomic mass is 32.9. The highest BCUT2D eigenvalue weighted by molar-refractivity contribution is 8.68. The molecule has 0 saturated heterocycles. The van der Waals surface area contributed by atoms with Gasteiger partial charge in [-0.25, -0.2) is 0 Å². The van der Waals surface area contributed by atoms with Gasteiger partial charge in [-0.15, -0.1) is 0 Å². The zero-order valence-electron chi connectivity index (χ0n) is 21.5. The van der Waals surface area contributed by atoms with Gasteiger partial charge in [-0.2, -0.15) is 0 Å². The fraction of sp³-hybridized carbons (Fsp3) is 0.400. The summed E-state index contributed by atoms with van der Waals surface area (Å²) >= 11 is 7.67. The first-order chi connectivity index (χ1) is 16.8. The van der Waals surface area contributed by atoms with Gasteiger partial charge in [0.2, 0.25) is 0 Å². The minimum absolute atomic E-state index is 0.698. The predicted molar refractivity (Wildman–Crippen MR) is 157 cm³/mol. The van der Waals surface area contributed by atoms with Crippen molar-refractivity contribution in [3.05, 3.63) is 95.6 Å². The first-order valence-corrected chi connectivity index (χ1v) is 16.9. The predicted octanol–water partition coefficient (Wildman–Crippen LogP) is 9.52. The van der Waals surface area contributed by atoms with Crippen molar-refractivity contribution in [1.82, 2.24) is 0 Å². The second-order valence-corrected chi connectivity index (χ2v) is 16.1. The van der Waals surface area contributed by atoms with Crippen molar-refractivity contribution in [3.63, 3.8) is 0 Å². The Morgan fingerprint density at radius 2 is 1.06 bits per heavy atom. The second kappa shape index (κ2) is 14.1. The molecule has 0 radical (unpaired) electrons. The fourth-order valence-electron chi connectivity index (χ4n) is 3.59. The van der Waals surface area contributed by atoms with Gasteiger partial charge in [0.15, 0.2) is 0 Å². The summed E-state index contributed by atoms with van der Waals surface area (Å²) in [6.45, 7) is 9.03. The van der Waals surface area contributed by atoms with E-state index in [1.807, 2.05) is 30.3 Å². The number of benzene rings is 3. The normalized spacial score (nSPS) is 11.7. The standard InChI is InChI=1S/C30H39O2PS2/c1-24(2)10-12-27-14-18-29(19-15-27)31-33(34,35-23-22-26-8-6-5-7-9-26)32-30-20-16-28(17-21-30)13-11-25(3)4/h5-9,14-21,24-25H,10-13,22-23H2,1-4H3. The molecule has 0 N–H and O–H groups in total. The molecule has 3 rings (SSSR count). The van der Waals surface area contributed by atoms with E-state index in [2.05, 4.69) is 76.2 Å². The van der Waals surface area contributed by atoms with E-state index in [4.69, 9.17) is 20.9 Å². The van der Waals surface area contributed by atoms with Crippen LogP contribution in [0.3, 0.4) is 0 Å². The smallest absolute Gasteiger partial charge is 0.348 e. The molecule has 0 amide bonds. The lowest BCUT2D eigenvalue weighted by Crippen LogP contribution is -2.00. The number of hydrogen-bond acceptors (Lipinski definition) is 4. The van der Waals surface area contributed by atoms with Gasteiger partial charge in [0.05, 0.1) is 0 Å². The lowest BCUT2D eigenvalue weighted by Gasteiger charge is -2.23. The SMILES string of the molecule is CC(C)CCc1ccc(OP(=S)(Oc2ccc(CCC(C)C)cc2)SCCc2ccccc2)cc1. The number of aryl methyl sites for hydroxylation is 3. The Morgan fingerprint density at radius 3 is 1.49 bits per heavy atom. The van der Waals surface area contributed by atoms with Crippen molar-refractivity contribution in [2.24, 2.45) is 11.8 Å². The fourth-order valence-corrected chi connectivity index (χ4v) is 8.01. The quantitative estimate of drug-likeness (QED) is 0.195. The van der Waals surface area contributed by atoms with E-state index in [-0.39, 0.29) is 0 Å². The number of rotatable bonds is 14. The molecular formula is C30H39O2PS2. The Bertz CT molecular complexity index is 986. The van der Waals surface area contributed by atoms with Gasteiger partial charge < -0.3 is 9.05 Å². The molecule has 0 aliphatic rings. The zero-order chi connectivity index (χ0) is 25.1. The molecule has 0 fully saturated rings. The summed E-state index contributed by atoms with van der Waals surface area (Å²) in [5.74, 6) is 3.80. The van der Waals surface area contributed by atoms with Gasteiger partial charge in [-0.3, -0.25) is 0 Å². The van der Waals surface area contributed by atoms with Crippen LogP contribution in [0.5, 0.6) is 11.5 Å². The topological polar surface area (TPSA) is 18.5 Å². The molecule has 188 valence electrons. The summed E-state index contributed by atoms with van der Waals surface area (Å²) in [4.78, 5) is 0. The van der Waals surface area contributed by atoms with Crippen LogP contribution in [-0.2, 0) is 31.1 Å². The average Bonchev–Trinajstić information content (AvgIpc) is 2.84. The molecule has 35 heavy (non-hydrogen) atoms. The second-order valence-electron chi connectivity index (χ2n) is 9.85. The third-order valence-corrected chi connectivity index (χ3v) is 10.7. The van der Waals surface area contributed by atoms with Crippen molar-refractivity contribution in [2.45, 2.75) is 59.8 Å². The molecule has 0 unspecified atom stereocenters. The van der Waals surface area contributed by atoms with Crippen molar-refractivity contribution in [3.8, 4) is 11.5 Å². The third kappa shape index (κ3) is 10.4. The molecule has 2 nitrogen and oxygen atoms in total. The van der Waals surface area contributed by atoms with Crippen LogP contribution in [0, 0.1) is 11.8 Å². The van der Waals surface area contributed by atoms with Gasteiger partial charge >= 0.3 is 5.69 Å². The van der Waals surface area contributed by atoms with Crippen LogP contribution in [0.1, 0.15) is 57.2 Å². The summed E-state index contributed by atoms with van der Waals surface area (Å²) in [6.07, 6.45) is 5.46. The highest BCUT2D eigenvalue weighted by Crippen LogP contribution is 2.60. The van der Waals surface area contributed by atoms with E-state index in [0.717, 1.165) is 36.5 Å². The van der Waals surface area contributed by atoms with Crippen LogP contribution in [-0.4, -0.2) is 5.75 Å². The van der Waals surface area contributed by atoms with Gasteiger partial charge in [-0.1, -0.05) is 82.3 Å². The van der Waals surface area contributed by atoms with Crippen LogP contribution >= 0.6 is 17.1 Å². The van der Waals surface area contributed by atoms with E-state index in [1.165, 1.54) is 29.5 Å². The molecule has 0 aliphatic heterocycles. The van der Waals surface area contributed by atoms with Gasteiger partial charge in [0.25, 0.3) is 0 Å². The summed E-state index contributed by atoms with van der Waals surface area (Å²) in [5.41, 5.74) is 1.31. The molecule has 3 aromatic rings. The zero-order valence-corrected chi connectivity index (χ0v) is 24.0. The molecule has 0 bridgehead atoms. The van der Waals surface area contributed by atoms with E-state index in [0.29, 0.717) is 11.8 Å². The van der Waals surface area contributed by atoms with Gasteiger partial charge in [0, 0.05) is 5.75 Å². The van der Waals surface area contributed by atoms with Crippen molar-refractivity contribution in [1.29, 1.82) is 0 Å². The monoisotopic (exact) mass is 526 g/mol. The van der Waals surface area contributed by atoms with Crippen LogP contribution in [0.2, 0.25) is 0 Å². The molecular weight excluding hydrogens is 487 g/mol. The Morgan fingerprint density at radius 1 is 0.629 bits per heavy atom. The molecule has 0 aliphatic carbocycles. The first kappa shape index (κ1) is 27.8. The molecule has 0 aromatic heterocycles. The first-order valence-electron chi connectivity index (χ1n) is 12.7. The summed E-state index contributed by atoms with van der Waals surface area (Å²) < 4.78 is 12.8. The van der Waals surface area contributed by atoms with Crippen LogP contribution in [0.25, 0.3) is 0 Å². The molecule has 5 heteroatoms. The maximum absolute atomic E-state index is 6.40. The summed E-state index contributed by atoms with van der Waals surface area (Å²) in [6, 6.07) is 27.2. The molecule has 0 saturated carbocycles. The molecule has 0 spiro atoms. The minimum atomic E-state index is -2.64. The lowest BCUT2D eigenvalue weighted by atomic mass is 10.0. The minimum Gasteiger partial charge on any atom is -0.428 e. The molecule has 0 atom stereocenters. The van der Waals surface area contributed by atoms with Crippen LogP contribution in [0.15, 0.2) is 78.9 Å². The average molecular weight is 527 g/mol. The molecule has 0 heterocycles. The van der Waals surface area contributed by atoms with Crippen molar-refractivity contribution < 1.29 is 9.05 Å². The Balaban J connectivity index is 1.69. The Kier molecular flexibility index (Phi) is 11.2. The molecule has 3 aromatic carbocycles. The Labute approximate surface area is 221 Å². The summed E-state index contributed by atoms with van der Waals surface area (Å²) in [7, 11) is 0. The van der Waals surface area contributed by atoms with E-state index in [1.54, 1.807) is 11.4 Å². The van der Waals surface area contributed by atoms with Crippen molar-refractivity contribution >= 4 is 28.9 Å². The van der Waals surface area contributed by atoms with Crippen molar-refractivity contribution in [2.75, 3.05) is 5.75 Å². The van der Waals surface area contributed by atoms with Gasteiger partial charge in [-0.05, 0) is 108 Å². The number of hydrogen-bond donors (Lipinski definition) is 0. The maximum atomic E-state index is 6.40. The maximum Gasteiger partial charge on any atom is 0.348 e. The largest absolute Gasteiger partial charge is 0.428 e. The highest BCUT2D eigenvalue weighted by Gasteiger charge is 2.24. The van der Waals surface area contributed by atoms with Crippen LogP contribution in [0.4, 0.5) is 0 Å².